The Morgan fingerprint density at radius 1 is 1.10 bits per heavy atom. The van der Waals surface area contributed by atoms with Gasteiger partial charge in [-0.25, -0.2) is 8.42 Å². The van der Waals surface area contributed by atoms with Gasteiger partial charge in [0, 0.05) is 45.0 Å². The molecule has 3 rings (SSSR count). The third kappa shape index (κ3) is 5.67. The van der Waals surface area contributed by atoms with E-state index in [0.717, 1.165) is 30.4 Å². The van der Waals surface area contributed by atoms with Crippen LogP contribution in [0.4, 0.5) is 0 Å². The molecule has 1 amide bonds. The molecule has 162 valence electrons. The SMILES string of the molecule is CCN(Cc1ccncc1)C(=O)CCC1CCN(S(=O)(=O)c2ccc(C)cc2)CC1. The van der Waals surface area contributed by atoms with Gasteiger partial charge in [-0.3, -0.25) is 9.78 Å². The third-order valence-corrected chi connectivity index (χ3v) is 7.77. The van der Waals surface area contributed by atoms with E-state index in [0.29, 0.717) is 43.4 Å². The molecule has 1 aromatic heterocycles. The number of pyridine rings is 1. The van der Waals surface area contributed by atoms with E-state index in [9.17, 15) is 13.2 Å². The second-order valence-electron chi connectivity index (χ2n) is 7.96. The summed E-state index contributed by atoms with van der Waals surface area (Å²) in [4.78, 5) is 18.9. The first kappa shape index (κ1) is 22.4. The maximum atomic E-state index is 12.8. The number of benzene rings is 1. The van der Waals surface area contributed by atoms with E-state index in [1.165, 1.54) is 0 Å². The van der Waals surface area contributed by atoms with Gasteiger partial charge in [-0.15, -0.1) is 0 Å². The molecule has 6 nitrogen and oxygen atoms in total. The molecule has 2 aromatic rings. The van der Waals surface area contributed by atoms with Crippen molar-refractivity contribution in [1.29, 1.82) is 0 Å². The number of carbonyl (C=O) groups excluding carboxylic acids is 1. The summed E-state index contributed by atoms with van der Waals surface area (Å²) >= 11 is 0. The number of amides is 1. The van der Waals surface area contributed by atoms with Gasteiger partial charge in [0.2, 0.25) is 15.9 Å². The molecular weight excluding hydrogens is 398 g/mol. The molecule has 0 spiro atoms. The van der Waals surface area contributed by atoms with Crippen molar-refractivity contribution in [2.24, 2.45) is 5.92 Å². The summed E-state index contributed by atoms with van der Waals surface area (Å²) < 4.78 is 27.2. The third-order valence-electron chi connectivity index (χ3n) is 5.86. The molecular formula is C23H31N3O3S. The first-order valence-electron chi connectivity index (χ1n) is 10.6. The number of hydrogen-bond donors (Lipinski definition) is 0. The van der Waals surface area contributed by atoms with Gasteiger partial charge in [-0.2, -0.15) is 4.31 Å². The predicted molar refractivity (Wildman–Crippen MR) is 117 cm³/mol. The molecule has 30 heavy (non-hydrogen) atoms. The Morgan fingerprint density at radius 3 is 2.33 bits per heavy atom. The number of aryl methyl sites for hydroxylation is 1. The van der Waals surface area contributed by atoms with Crippen molar-refractivity contribution in [1.82, 2.24) is 14.2 Å². The maximum Gasteiger partial charge on any atom is 0.243 e. The lowest BCUT2D eigenvalue weighted by Gasteiger charge is -2.31. The van der Waals surface area contributed by atoms with Crippen LogP contribution in [0.15, 0.2) is 53.7 Å². The van der Waals surface area contributed by atoms with Gasteiger partial charge in [0.05, 0.1) is 4.90 Å². The van der Waals surface area contributed by atoms with Crippen molar-refractivity contribution >= 4 is 15.9 Å². The van der Waals surface area contributed by atoms with E-state index in [-0.39, 0.29) is 5.91 Å². The van der Waals surface area contributed by atoms with Crippen molar-refractivity contribution in [2.75, 3.05) is 19.6 Å². The first-order chi connectivity index (χ1) is 14.4. The molecule has 7 heteroatoms. The fourth-order valence-electron chi connectivity index (χ4n) is 3.87. The molecule has 0 aliphatic carbocycles. The summed E-state index contributed by atoms with van der Waals surface area (Å²) in [7, 11) is -3.43. The number of rotatable bonds is 8. The smallest absolute Gasteiger partial charge is 0.243 e. The van der Waals surface area contributed by atoms with Crippen molar-refractivity contribution < 1.29 is 13.2 Å². The van der Waals surface area contributed by atoms with Crippen LogP contribution in [0, 0.1) is 12.8 Å². The highest BCUT2D eigenvalue weighted by Gasteiger charge is 2.29. The Bertz CT molecular complexity index is 922. The number of hydrogen-bond acceptors (Lipinski definition) is 4. The van der Waals surface area contributed by atoms with E-state index < -0.39 is 10.0 Å². The molecule has 1 saturated heterocycles. The Hall–Kier alpha value is -2.25. The van der Waals surface area contributed by atoms with Crippen LogP contribution in [-0.2, 0) is 21.4 Å². The fraction of sp³-hybridized carbons (Fsp3) is 0.478. The molecule has 1 aromatic carbocycles. The van der Waals surface area contributed by atoms with Crippen LogP contribution in [0.1, 0.15) is 43.7 Å². The van der Waals surface area contributed by atoms with Gasteiger partial charge in [-0.1, -0.05) is 17.7 Å². The van der Waals surface area contributed by atoms with Crippen molar-refractivity contribution in [2.45, 2.75) is 51.0 Å². The molecule has 0 atom stereocenters. The quantitative estimate of drug-likeness (QED) is 0.643. The summed E-state index contributed by atoms with van der Waals surface area (Å²) in [5.41, 5.74) is 2.12. The van der Waals surface area contributed by atoms with Crippen LogP contribution in [0.3, 0.4) is 0 Å². The van der Waals surface area contributed by atoms with Gasteiger partial charge in [0.1, 0.15) is 0 Å². The predicted octanol–water partition coefficient (Wildman–Crippen LogP) is 3.62. The largest absolute Gasteiger partial charge is 0.339 e. The van der Waals surface area contributed by atoms with Crippen LogP contribution in [-0.4, -0.2) is 48.1 Å². The second-order valence-corrected chi connectivity index (χ2v) is 9.90. The number of piperidine rings is 1. The first-order valence-corrected chi connectivity index (χ1v) is 12.1. The highest BCUT2D eigenvalue weighted by molar-refractivity contribution is 7.89. The number of carbonyl (C=O) groups is 1. The minimum absolute atomic E-state index is 0.156. The van der Waals surface area contributed by atoms with Crippen molar-refractivity contribution in [3.05, 3.63) is 59.9 Å². The van der Waals surface area contributed by atoms with Crippen LogP contribution in [0.25, 0.3) is 0 Å². The summed E-state index contributed by atoms with van der Waals surface area (Å²) in [5, 5.41) is 0. The van der Waals surface area contributed by atoms with Gasteiger partial charge in [0.25, 0.3) is 0 Å². The van der Waals surface area contributed by atoms with Crippen molar-refractivity contribution in [3.63, 3.8) is 0 Å². The second kappa shape index (κ2) is 10.2. The minimum atomic E-state index is -3.43. The van der Waals surface area contributed by atoms with Crippen LogP contribution in [0.5, 0.6) is 0 Å². The summed E-state index contributed by atoms with van der Waals surface area (Å²) in [6.07, 6.45) is 6.40. The lowest BCUT2D eigenvalue weighted by atomic mass is 9.93. The zero-order valence-electron chi connectivity index (χ0n) is 17.8. The van der Waals surface area contributed by atoms with E-state index >= 15 is 0 Å². The van der Waals surface area contributed by atoms with Crippen LogP contribution < -0.4 is 0 Å². The number of sulfonamides is 1. The monoisotopic (exact) mass is 429 g/mol. The Morgan fingerprint density at radius 2 is 1.73 bits per heavy atom. The lowest BCUT2D eigenvalue weighted by Crippen LogP contribution is -2.38. The zero-order valence-corrected chi connectivity index (χ0v) is 18.6. The number of nitrogens with zero attached hydrogens (tertiary/aromatic N) is 3. The van der Waals surface area contributed by atoms with Gasteiger partial charge < -0.3 is 4.90 Å². The topological polar surface area (TPSA) is 70.6 Å². The minimum Gasteiger partial charge on any atom is -0.339 e. The summed E-state index contributed by atoms with van der Waals surface area (Å²) in [5.74, 6) is 0.544. The summed E-state index contributed by atoms with van der Waals surface area (Å²) in [6, 6.07) is 10.9. The van der Waals surface area contributed by atoms with E-state index in [1.807, 2.05) is 43.0 Å². The van der Waals surface area contributed by atoms with Crippen LogP contribution >= 0.6 is 0 Å². The maximum absolute atomic E-state index is 12.8. The van der Waals surface area contributed by atoms with Gasteiger partial charge in [-0.05, 0) is 68.9 Å². The number of aromatic nitrogens is 1. The molecule has 1 fully saturated rings. The Balaban J connectivity index is 1.48. The average Bonchev–Trinajstić information content (AvgIpc) is 2.77. The van der Waals surface area contributed by atoms with E-state index in [1.54, 1.807) is 28.8 Å². The van der Waals surface area contributed by atoms with Gasteiger partial charge >= 0.3 is 0 Å². The van der Waals surface area contributed by atoms with Crippen LogP contribution in [0.2, 0.25) is 0 Å². The Labute approximate surface area is 180 Å². The normalized spacial score (nSPS) is 15.8. The molecule has 0 bridgehead atoms. The standard InChI is InChI=1S/C23H31N3O3S/c1-3-25(18-21-10-14-24-15-11-21)23(27)9-6-20-12-16-26(17-13-20)30(28,29)22-7-4-19(2)5-8-22/h4-5,7-8,10-11,14-15,20H,3,6,9,12-13,16-18H2,1-2H3. The Kier molecular flexibility index (Phi) is 7.61. The molecule has 0 unspecified atom stereocenters. The molecule has 2 heterocycles. The molecule has 0 saturated carbocycles. The molecule has 1 aliphatic heterocycles. The zero-order chi connectivity index (χ0) is 21.6. The van der Waals surface area contributed by atoms with Gasteiger partial charge in [0.15, 0.2) is 0 Å². The molecule has 0 radical (unpaired) electrons. The molecule has 0 N–H and O–H groups in total. The highest BCUT2D eigenvalue weighted by atomic mass is 32.2. The lowest BCUT2D eigenvalue weighted by molar-refractivity contribution is -0.132. The highest BCUT2D eigenvalue weighted by Crippen LogP contribution is 2.27. The molecule has 1 aliphatic rings. The summed E-state index contributed by atoms with van der Waals surface area (Å²) in [6.45, 7) is 6.25. The van der Waals surface area contributed by atoms with E-state index in [2.05, 4.69) is 4.98 Å². The van der Waals surface area contributed by atoms with E-state index in [4.69, 9.17) is 0 Å². The average molecular weight is 430 g/mol. The van der Waals surface area contributed by atoms with Crippen molar-refractivity contribution in [3.8, 4) is 0 Å². The fourth-order valence-corrected chi connectivity index (χ4v) is 5.34.